The minimum Gasteiger partial charge on any atom is -0.495 e. The minimum atomic E-state index is -3.33. The monoisotopic (exact) mass is 436 g/mol. The average molecular weight is 437 g/mol. The molecule has 1 N–H and O–H groups in total. The van der Waals surface area contributed by atoms with E-state index in [1.54, 1.807) is 19.2 Å². The summed E-state index contributed by atoms with van der Waals surface area (Å²) in [5, 5.41) is 2.99. The zero-order valence-corrected chi connectivity index (χ0v) is 16.6. The highest BCUT2D eigenvalue weighted by atomic mass is 79.9. The Labute approximate surface area is 160 Å². The summed E-state index contributed by atoms with van der Waals surface area (Å²) in [4.78, 5) is 4.42. The summed E-state index contributed by atoms with van der Waals surface area (Å²) >= 11 is 3.42. The lowest BCUT2D eigenvalue weighted by Crippen LogP contribution is -2.05. The second-order valence-electron chi connectivity index (χ2n) is 5.43. The Morgan fingerprint density at radius 2 is 2.04 bits per heavy atom. The molecule has 1 aromatic heterocycles. The molecule has 0 aliphatic rings. The number of hydrogen-bond donors (Lipinski definition) is 1. The summed E-state index contributed by atoms with van der Waals surface area (Å²) < 4.78 is 36.2. The lowest BCUT2D eigenvalue weighted by molar-refractivity contribution is 0.416. The number of hydrogen-bond acceptors (Lipinski definition) is 6. The fourth-order valence-corrected chi connectivity index (χ4v) is 3.67. The molecule has 0 radical (unpaired) electrons. The van der Waals surface area contributed by atoms with Crippen molar-refractivity contribution in [3.05, 3.63) is 53.1 Å². The van der Waals surface area contributed by atoms with Crippen molar-refractivity contribution in [2.24, 2.45) is 0 Å². The molecule has 26 heavy (non-hydrogen) atoms. The van der Waals surface area contributed by atoms with Gasteiger partial charge in [0.15, 0.2) is 15.6 Å². The molecule has 0 bridgehead atoms. The number of anilines is 2. The van der Waals surface area contributed by atoms with Crippen LogP contribution < -0.4 is 10.1 Å². The van der Waals surface area contributed by atoms with Crippen LogP contribution in [0.25, 0.3) is 11.3 Å². The van der Waals surface area contributed by atoms with Gasteiger partial charge in [-0.25, -0.2) is 13.4 Å². The second kappa shape index (κ2) is 7.51. The first-order chi connectivity index (χ1) is 12.4. The quantitative estimate of drug-likeness (QED) is 0.605. The molecule has 0 unspecified atom stereocenters. The summed E-state index contributed by atoms with van der Waals surface area (Å²) in [6.07, 6.45) is 1.60. The van der Waals surface area contributed by atoms with E-state index in [9.17, 15) is 8.42 Å². The molecule has 3 aromatic rings. The highest BCUT2D eigenvalue weighted by Crippen LogP contribution is 2.32. The van der Waals surface area contributed by atoms with Crippen molar-refractivity contribution in [2.45, 2.75) is 11.8 Å². The summed E-state index contributed by atoms with van der Waals surface area (Å²) in [7, 11) is -1.82. The Bertz CT molecular complexity index is 1030. The number of halogens is 1. The van der Waals surface area contributed by atoms with Gasteiger partial charge in [0.2, 0.25) is 0 Å². The molecule has 136 valence electrons. The van der Waals surface area contributed by atoms with Gasteiger partial charge in [0.05, 0.1) is 29.6 Å². The molecule has 3 rings (SSSR count). The molecular formula is C18H17BrN2O4S. The first-order valence-corrected chi connectivity index (χ1v) is 10.3. The molecule has 0 amide bonds. The van der Waals surface area contributed by atoms with Gasteiger partial charge in [0.1, 0.15) is 5.75 Å². The van der Waals surface area contributed by atoms with Crippen LogP contribution in [-0.2, 0) is 9.84 Å². The van der Waals surface area contributed by atoms with Gasteiger partial charge >= 0.3 is 0 Å². The SMILES string of the molecule is CCS(=O)(=O)c1ccc(OC)c(Nc2ncc(-c3cccc(Br)c3)o2)c1. The van der Waals surface area contributed by atoms with Crippen molar-refractivity contribution in [3.63, 3.8) is 0 Å². The van der Waals surface area contributed by atoms with Gasteiger partial charge < -0.3 is 14.5 Å². The molecule has 0 aliphatic carbocycles. The zero-order chi connectivity index (χ0) is 18.7. The van der Waals surface area contributed by atoms with E-state index < -0.39 is 9.84 Å². The second-order valence-corrected chi connectivity index (χ2v) is 8.62. The predicted octanol–water partition coefficient (Wildman–Crippen LogP) is 4.65. The van der Waals surface area contributed by atoms with Crippen molar-refractivity contribution in [2.75, 3.05) is 18.2 Å². The van der Waals surface area contributed by atoms with Crippen LogP contribution in [0.5, 0.6) is 5.75 Å². The number of benzene rings is 2. The van der Waals surface area contributed by atoms with Crippen LogP contribution in [0.4, 0.5) is 11.7 Å². The van der Waals surface area contributed by atoms with Crippen molar-refractivity contribution >= 4 is 37.5 Å². The molecule has 0 spiro atoms. The van der Waals surface area contributed by atoms with Crippen molar-refractivity contribution in [1.82, 2.24) is 4.98 Å². The highest BCUT2D eigenvalue weighted by molar-refractivity contribution is 9.10. The maximum absolute atomic E-state index is 12.1. The van der Waals surface area contributed by atoms with Crippen LogP contribution >= 0.6 is 15.9 Å². The van der Waals surface area contributed by atoms with Gasteiger partial charge in [-0.1, -0.05) is 35.0 Å². The number of nitrogens with zero attached hydrogens (tertiary/aromatic N) is 1. The summed E-state index contributed by atoms with van der Waals surface area (Å²) in [5.41, 5.74) is 1.33. The molecule has 0 saturated carbocycles. The zero-order valence-electron chi connectivity index (χ0n) is 14.2. The Morgan fingerprint density at radius 3 is 2.73 bits per heavy atom. The van der Waals surface area contributed by atoms with E-state index in [-0.39, 0.29) is 16.7 Å². The molecule has 6 nitrogen and oxygen atoms in total. The third-order valence-corrected chi connectivity index (χ3v) is 5.99. The van der Waals surface area contributed by atoms with E-state index in [0.29, 0.717) is 17.2 Å². The lowest BCUT2D eigenvalue weighted by Gasteiger charge is -2.10. The first kappa shape index (κ1) is 18.5. The number of nitrogens with one attached hydrogen (secondary N) is 1. The van der Waals surface area contributed by atoms with Crippen LogP contribution in [0, 0.1) is 0 Å². The van der Waals surface area contributed by atoms with Crippen molar-refractivity contribution < 1.29 is 17.6 Å². The van der Waals surface area contributed by atoms with Gasteiger partial charge in [0, 0.05) is 10.0 Å². The Morgan fingerprint density at radius 1 is 1.23 bits per heavy atom. The summed E-state index contributed by atoms with van der Waals surface area (Å²) in [6.45, 7) is 1.60. The lowest BCUT2D eigenvalue weighted by atomic mass is 10.2. The van der Waals surface area contributed by atoms with Crippen molar-refractivity contribution in [1.29, 1.82) is 0 Å². The van der Waals surface area contributed by atoms with Gasteiger partial charge in [-0.15, -0.1) is 0 Å². The summed E-state index contributed by atoms with van der Waals surface area (Å²) in [6, 6.07) is 12.5. The van der Waals surface area contributed by atoms with Crippen molar-refractivity contribution in [3.8, 4) is 17.1 Å². The van der Waals surface area contributed by atoms with Gasteiger partial charge in [-0.2, -0.15) is 0 Å². The topological polar surface area (TPSA) is 81.4 Å². The fourth-order valence-electron chi connectivity index (χ4n) is 2.37. The number of oxazole rings is 1. The van der Waals surface area contributed by atoms with E-state index in [1.807, 2.05) is 24.3 Å². The minimum absolute atomic E-state index is 0.0187. The largest absolute Gasteiger partial charge is 0.495 e. The predicted molar refractivity (Wildman–Crippen MR) is 104 cm³/mol. The summed E-state index contributed by atoms with van der Waals surface area (Å²) in [5.74, 6) is 1.09. The number of methoxy groups -OCH3 is 1. The Hall–Kier alpha value is -2.32. The van der Waals surface area contributed by atoms with Crippen LogP contribution in [0.15, 0.2) is 62.4 Å². The van der Waals surface area contributed by atoms with E-state index in [4.69, 9.17) is 9.15 Å². The molecule has 0 fully saturated rings. The van der Waals surface area contributed by atoms with Crippen LogP contribution in [0.3, 0.4) is 0 Å². The molecule has 0 aliphatic heterocycles. The molecule has 0 saturated heterocycles. The number of aromatic nitrogens is 1. The van der Waals surface area contributed by atoms with Crippen LogP contribution in [0.2, 0.25) is 0 Å². The number of rotatable bonds is 6. The molecule has 1 heterocycles. The number of ether oxygens (including phenoxy) is 1. The average Bonchev–Trinajstić information content (AvgIpc) is 3.10. The molecule has 2 aromatic carbocycles. The highest BCUT2D eigenvalue weighted by Gasteiger charge is 2.16. The third-order valence-electron chi connectivity index (χ3n) is 3.77. The third kappa shape index (κ3) is 3.91. The molecule has 8 heteroatoms. The van der Waals surface area contributed by atoms with Gasteiger partial charge in [-0.3, -0.25) is 0 Å². The molecule has 0 atom stereocenters. The first-order valence-electron chi connectivity index (χ1n) is 7.82. The van der Waals surface area contributed by atoms with Crippen LogP contribution in [0.1, 0.15) is 6.92 Å². The molecular weight excluding hydrogens is 420 g/mol. The Balaban J connectivity index is 1.93. The normalized spacial score (nSPS) is 11.3. The number of sulfone groups is 1. The van der Waals surface area contributed by atoms with Gasteiger partial charge in [0.25, 0.3) is 6.01 Å². The van der Waals surface area contributed by atoms with Crippen LogP contribution in [-0.4, -0.2) is 26.3 Å². The van der Waals surface area contributed by atoms with E-state index >= 15 is 0 Å². The Kier molecular flexibility index (Phi) is 5.33. The maximum atomic E-state index is 12.1. The van der Waals surface area contributed by atoms with E-state index in [1.165, 1.54) is 19.2 Å². The smallest absolute Gasteiger partial charge is 0.299 e. The van der Waals surface area contributed by atoms with E-state index in [2.05, 4.69) is 26.2 Å². The van der Waals surface area contributed by atoms with Gasteiger partial charge in [-0.05, 0) is 30.3 Å². The standard InChI is InChI=1S/C18H17BrN2O4S/c1-3-26(22,23)14-7-8-16(24-2)15(10-14)21-18-20-11-17(25-18)12-5-4-6-13(19)9-12/h4-11H,3H2,1-2H3,(H,20,21). The maximum Gasteiger partial charge on any atom is 0.299 e. The fraction of sp³-hybridized carbons (Fsp3) is 0.167. The van der Waals surface area contributed by atoms with E-state index in [0.717, 1.165) is 10.0 Å².